The molecule has 0 spiro atoms. The number of hydrogen-bond acceptors (Lipinski definition) is 28. The van der Waals surface area contributed by atoms with E-state index in [2.05, 4.69) is 57.2 Å². The lowest BCUT2D eigenvalue weighted by Crippen LogP contribution is -2.43. The fourth-order valence-electron chi connectivity index (χ4n) is 7.87. The number of carboxylic acid groups (broad SMARTS) is 1. The van der Waals surface area contributed by atoms with E-state index in [0.29, 0.717) is 78.4 Å². The molecule has 29 nitrogen and oxygen atoms in total. The monoisotopic (exact) mass is 1390 g/mol. The highest BCUT2D eigenvalue weighted by Gasteiger charge is 2.23. The zero-order valence-electron chi connectivity index (χ0n) is 62.0. The van der Waals surface area contributed by atoms with Crippen LogP contribution in [-0.2, 0) is 113 Å². The van der Waals surface area contributed by atoms with Gasteiger partial charge in [-0.2, -0.15) is 0 Å². The van der Waals surface area contributed by atoms with Gasteiger partial charge in [0.1, 0.15) is 69.0 Å². The molecule has 6 rings (SSSR count). The van der Waals surface area contributed by atoms with Crippen molar-refractivity contribution in [3.8, 4) is 40.2 Å². The SMILES string of the molecule is [2H]C(=O)OCc1ccc(OC(=O)C(C)NCC)cc1.[2H]C(=O)OCc1ccc(OC(=O)C(NCC)C(C)C)cc1.[2H]C(=O)OCc1ccc(OC(=O)CNCC)cc1.[2H]C(=O)OCc1ccc(OC(C)=O)c(OCCCCC)c1.[2H]OC(=O)OCc1ccc(OC(C)=O)c(OCc2cnnn2CC)c1. The number of esters is 5. The molecule has 29 heteroatoms. The van der Waals surface area contributed by atoms with Gasteiger partial charge in [0.05, 0.1) is 25.0 Å². The molecule has 1 heterocycles. The normalized spacial score (nSPS) is 11.4. The summed E-state index contributed by atoms with van der Waals surface area (Å²) >= 11 is 0. The molecule has 99 heavy (non-hydrogen) atoms. The fourth-order valence-corrected chi connectivity index (χ4v) is 7.87. The minimum atomic E-state index is -1.12. The van der Waals surface area contributed by atoms with Gasteiger partial charge in [-0.3, -0.25) is 33.6 Å². The number of nitrogens with one attached hydrogen (secondary N) is 3. The summed E-state index contributed by atoms with van der Waals surface area (Å²) in [5.74, 6) is 0.749. The number of unbranched alkanes of at least 4 members (excludes halogenated alkanes) is 2. The minimum Gasteiger partial charge on any atom is -0.490 e. The Bertz CT molecular complexity index is 3630. The number of carbonyl (C=O) groups excluding carboxylic acids is 9. The molecule has 1 aromatic heterocycles. The molecule has 0 fully saturated rings. The van der Waals surface area contributed by atoms with E-state index in [-0.39, 0.29) is 87.8 Å². The maximum absolute atomic E-state index is 12.1. The summed E-state index contributed by atoms with van der Waals surface area (Å²) in [7, 11) is 0. The van der Waals surface area contributed by atoms with Gasteiger partial charge >= 0.3 is 37.4 Å². The summed E-state index contributed by atoms with van der Waals surface area (Å²) in [6.45, 7) is 21.5. The van der Waals surface area contributed by atoms with Crippen LogP contribution in [0.2, 0.25) is 0 Å². The fraction of sp³-hybridized carbons (Fsp3) is 0.400. The first kappa shape index (κ1) is 75.6. The zero-order valence-corrected chi connectivity index (χ0v) is 57.0. The van der Waals surface area contributed by atoms with E-state index in [1.807, 2.05) is 41.5 Å². The van der Waals surface area contributed by atoms with Crippen LogP contribution in [0.25, 0.3) is 1.43 Å². The Morgan fingerprint density at radius 2 is 0.990 bits per heavy atom. The molecule has 0 aliphatic carbocycles. The molecule has 2 unspecified atom stereocenters. The molecular formula is C70H90N6O23. The molecular weight excluding hydrogens is 1290 g/mol. The van der Waals surface area contributed by atoms with Crippen molar-refractivity contribution in [3.63, 3.8) is 0 Å². The van der Waals surface area contributed by atoms with Gasteiger partial charge in [0, 0.05) is 20.4 Å². The van der Waals surface area contributed by atoms with Crippen molar-refractivity contribution >= 4 is 61.8 Å². The van der Waals surface area contributed by atoms with Crippen LogP contribution in [-0.4, -0.2) is 127 Å². The molecule has 5 aromatic carbocycles. The third-order valence-electron chi connectivity index (χ3n) is 12.6. The highest BCUT2D eigenvalue weighted by atomic mass is 16.7. The second-order valence-electron chi connectivity index (χ2n) is 20.7. The minimum absolute atomic E-state index is 0.0198. The smallest absolute Gasteiger partial charge is 0.490 e. The van der Waals surface area contributed by atoms with Gasteiger partial charge in [0.15, 0.2) is 28.5 Å². The second-order valence-corrected chi connectivity index (χ2v) is 20.7. The number of ether oxygens (including phenoxy) is 12. The Labute approximate surface area is 582 Å². The summed E-state index contributed by atoms with van der Waals surface area (Å²) in [5.41, 5.74) is 4.15. The van der Waals surface area contributed by atoms with E-state index < -0.39 is 43.9 Å². The van der Waals surface area contributed by atoms with Gasteiger partial charge in [-0.25, -0.2) is 19.1 Å². The number of nitrogens with zero attached hydrogens (tertiary/aromatic N) is 3. The van der Waals surface area contributed by atoms with E-state index in [0.717, 1.165) is 41.6 Å². The Hall–Kier alpha value is -10.8. The van der Waals surface area contributed by atoms with Gasteiger partial charge in [-0.05, 0) is 134 Å². The number of benzene rings is 5. The highest BCUT2D eigenvalue weighted by molar-refractivity contribution is 5.79. The summed E-state index contributed by atoms with van der Waals surface area (Å²) in [6, 6.07) is 28.6. The lowest BCUT2D eigenvalue weighted by atomic mass is 10.0. The lowest BCUT2D eigenvalue weighted by Gasteiger charge is -2.19. The van der Waals surface area contributed by atoms with E-state index in [1.165, 1.54) is 19.9 Å². The highest BCUT2D eigenvalue weighted by Crippen LogP contribution is 2.31. The predicted octanol–water partition coefficient (Wildman–Crippen LogP) is 8.89. The molecule has 0 amide bonds. The summed E-state index contributed by atoms with van der Waals surface area (Å²) in [5, 5.41) is 20.3. The average molecular weight is 1390 g/mol. The van der Waals surface area contributed by atoms with Crippen LogP contribution in [0.1, 0.15) is 127 Å². The van der Waals surface area contributed by atoms with E-state index in [1.54, 1.807) is 121 Å². The lowest BCUT2D eigenvalue weighted by molar-refractivity contribution is -0.138. The standard InChI is InChI=1S/C15H17N3O6.C15H21NO4.C15H20O5.C13H17NO4.C12H15NO4/c1-3-18-12(7-16-17-18)9-22-14-6-11(8-23-15(20)21)4-5-13(14)24-10(2)19;1-4-16-14(11(2)3)15(18)20-13-7-5-12(6-8-13)9-19-10-17;1-3-4-5-8-19-15-9-13(10-18-11-16)6-7-14(15)20-12(2)17;1-3-14-10(2)13(16)18-12-6-4-11(5-7-12)8-17-9-15;1-2-13-7-12(15)17-11-5-3-10(4-6-11)8-16-9-14/h4-7H,3,8-9H2,1-2H3,(H,20,21);5-8,10-11,14,16H,4,9H2,1-3H3;6-7,9,11H,3-5,8,10H2,1-2H3;4-7,9-10,14H,3,8H2,1-2H3;3-6,9,13H,2,7-8H2,1H3/i;10D;11D;2*9D/hD. The maximum atomic E-state index is 12.1. The van der Waals surface area contributed by atoms with E-state index in [9.17, 15) is 47.9 Å². The van der Waals surface area contributed by atoms with Crippen LogP contribution < -0.4 is 49.1 Å². The topological polar surface area (TPSA) is 368 Å². The molecule has 4 N–H and O–H groups in total. The number of carbonyl (C=O) groups is 10. The number of aromatic nitrogens is 3. The molecule has 0 radical (unpaired) electrons. The Morgan fingerprint density at radius 3 is 1.42 bits per heavy atom. The number of rotatable bonds is 34. The molecule has 0 saturated carbocycles. The predicted molar refractivity (Wildman–Crippen MR) is 357 cm³/mol. The van der Waals surface area contributed by atoms with Crippen molar-refractivity contribution < 1.29 is 115 Å². The average Bonchev–Trinajstić information content (AvgIpc) is 1.83. The molecule has 0 saturated heterocycles. The Balaban J connectivity index is 0.000000444. The van der Waals surface area contributed by atoms with Gasteiger partial charge < -0.3 is 77.9 Å². The molecule has 0 aliphatic rings. The Kier molecular flexibility index (Phi) is 38.6. The molecule has 0 bridgehead atoms. The first-order chi connectivity index (χ1) is 49.6. The molecule has 0 aliphatic heterocycles. The summed E-state index contributed by atoms with van der Waals surface area (Å²) < 4.78 is 94.6. The van der Waals surface area contributed by atoms with Gasteiger partial charge in [0.2, 0.25) is 0 Å². The van der Waals surface area contributed by atoms with Gasteiger partial charge in [-0.1, -0.05) is 108 Å². The van der Waals surface area contributed by atoms with Crippen molar-refractivity contribution in [3.05, 3.63) is 149 Å². The van der Waals surface area contributed by atoms with Crippen molar-refractivity contribution in [1.82, 2.24) is 30.9 Å². The van der Waals surface area contributed by atoms with Crippen LogP contribution >= 0.6 is 0 Å². The first-order valence-corrected chi connectivity index (χ1v) is 31.3. The van der Waals surface area contributed by atoms with E-state index >= 15 is 0 Å². The summed E-state index contributed by atoms with van der Waals surface area (Å²) in [6.07, 6.45) is -0.816. The first-order valence-electron chi connectivity index (χ1n) is 33.7. The van der Waals surface area contributed by atoms with E-state index in [4.69, 9.17) is 44.8 Å². The van der Waals surface area contributed by atoms with Gasteiger partial charge in [-0.15, -0.1) is 5.10 Å². The van der Waals surface area contributed by atoms with Crippen LogP contribution in [0, 0.1) is 5.92 Å². The maximum Gasteiger partial charge on any atom is 0.506 e. The molecule has 2 atom stereocenters. The van der Waals surface area contributed by atoms with Crippen LogP contribution in [0.5, 0.6) is 40.2 Å². The van der Waals surface area contributed by atoms with Crippen molar-refractivity contribution in [1.29, 1.82) is 1.43 Å². The number of hydrogen-bond donors (Lipinski definition) is 4. The number of likely N-dealkylation sites (N-methyl/N-ethyl adjacent to an activating group) is 3. The van der Waals surface area contributed by atoms with Crippen molar-refractivity contribution in [2.75, 3.05) is 32.8 Å². The quantitative estimate of drug-likeness (QED) is 0.00962. The van der Waals surface area contributed by atoms with Crippen LogP contribution in [0.3, 0.4) is 0 Å². The molecule has 538 valence electrons. The van der Waals surface area contributed by atoms with Crippen LogP contribution in [0.4, 0.5) is 4.79 Å². The zero-order chi connectivity index (χ0) is 77.4. The third-order valence-corrected chi connectivity index (χ3v) is 12.6. The van der Waals surface area contributed by atoms with Gasteiger partial charge in [0.25, 0.3) is 25.8 Å². The third kappa shape index (κ3) is 36.8. The van der Waals surface area contributed by atoms with Crippen molar-refractivity contribution in [2.45, 2.75) is 147 Å². The van der Waals surface area contributed by atoms with Crippen molar-refractivity contribution in [2.24, 2.45) is 5.92 Å². The molecule has 6 aromatic rings. The summed E-state index contributed by atoms with van der Waals surface area (Å²) in [4.78, 5) is 110. The Morgan fingerprint density at radius 1 is 0.535 bits per heavy atom. The largest absolute Gasteiger partial charge is 0.506 e. The van der Waals surface area contributed by atoms with Crippen LogP contribution in [0.15, 0.2) is 115 Å². The second kappa shape index (κ2) is 50.6. The number of aryl methyl sites for hydroxylation is 1.